The van der Waals surface area contributed by atoms with E-state index in [9.17, 15) is 18.9 Å². The van der Waals surface area contributed by atoms with E-state index in [-0.39, 0.29) is 11.7 Å². The molecule has 3 aromatic rings. The highest BCUT2D eigenvalue weighted by molar-refractivity contribution is 7.64. The lowest BCUT2D eigenvalue weighted by Crippen LogP contribution is -2.17. The fraction of sp³-hybridized carbons (Fsp3) is 0.310. The van der Waals surface area contributed by atoms with Crippen LogP contribution in [-0.4, -0.2) is 40.5 Å². The number of halogens is 1. The van der Waals surface area contributed by atoms with E-state index < -0.39 is 32.0 Å². The molecule has 0 saturated heterocycles. The van der Waals surface area contributed by atoms with E-state index in [0.29, 0.717) is 17.7 Å². The number of carbonyl (C=O) groups is 1. The van der Waals surface area contributed by atoms with Gasteiger partial charge < -0.3 is 14.7 Å². The largest absolute Gasteiger partial charge is 0.481 e. The first-order chi connectivity index (χ1) is 17.6. The predicted octanol–water partition coefficient (Wildman–Crippen LogP) is 6.31. The van der Waals surface area contributed by atoms with Crippen molar-refractivity contribution >= 4 is 13.3 Å². The summed E-state index contributed by atoms with van der Waals surface area (Å²) in [4.78, 5) is 16.0. The fourth-order valence-electron chi connectivity index (χ4n) is 4.15. The molecule has 2 N–H and O–H groups in total. The van der Waals surface area contributed by atoms with Crippen molar-refractivity contribution < 1.29 is 28.5 Å². The molecule has 0 saturated carbocycles. The third-order valence-electron chi connectivity index (χ3n) is 5.91. The molecule has 1 unspecified atom stereocenters. The van der Waals surface area contributed by atoms with E-state index in [1.807, 2.05) is 51.1 Å². The molecule has 37 heavy (non-hydrogen) atoms. The molecule has 2 atom stereocenters. The number of aliphatic hydroxyl groups excluding tert-OH is 1. The lowest BCUT2D eigenvalue weighted by molar-refractivity contribution is -0.138. The smallest absolute Gasteiger partial charge is 0.305 e. The van der Waals surface area contributed by atoms with Crippen molar-refractivity contribution in [1.29, 1.82) is 0 Å². The summed E-state index contributed by atoms with van der Waals surface area (Å²) >= 11 is 0. The zero-order chi connectivity index (χ0) is 27.2. The minimum atomic E-state index is -3.70. The summed E-state index contributed by atoms with van der Waals surface area (Å²) in [7, 11) is -2.48. The van der Waals surface area contributed by atoms with Crippen molar-refractivity contribution in [1.82, 2.24) is 4.98 Å². The maximum atomic E-state index is 13.8. The maximum Gasteiger partial charge on any atom is 0.305 e. The zero-order valence-corrected chi connectivity index (χ0v) is 22.3. The number of carboxylic acid groups (broad SMARTS) is 1. The summed E-state index contributed by atoms with van der Waals surface area (Å²) in [5, 5.41) is 19.0. The van der Waals surface area contributed by atoms with Crippen molar-refractivity contribution in [2.75, 3.05) is 13.3 Å². The molecule has 1 heterocycles. The first-order valence-electron chi connectivity index (χ1n) is 12.0. The number of carboxylic acids is 1. The normalized spacial score (nSPS) is 13.5. The molecular weight excluding hydrogens is 492 g/mol. The van der Waals surface area contributed by atoms with E-state index in [1.54, 1.807) is 12.1 Å². The minimum absolute atomic E-state index is 0.0589. The van der Waals surface area contributed by atoms with Crippen molar-refractivity contribution in [3.05, 3.63) is 77.2 Å². The van der Waals surface area contributed by atoms with Gasteiger partial charge in [0.2, 0.25) is 0 Å². The zero-order valence-electron chi connectivity index (χ0n) is 21.4. The summed E-state index contributed by atoms with van der Waals surface area (Å²) in [6.07, 6.45) is -1.75. The molecule has 3 rings (SSSR count). The van der Waals surface area contributed by atoms with Gasteiger partial charge in [0.1, 0.15) is 5.82 Å². The van der Waals surface area contributed by atoms with Gasteiger partial charge in [-0.25, -0.2) is 4.39 Å². The summed E-state index contributed by atoms with van der Waals surface area (Å²) in [5.74, 6) is 1.39. The second-order valence-corrected chi connectivity index (χ2v) is 11.3. The van der Waals surface area contributed by atoms with Gasteiger partial charge in [0.15, 0.2) is 0 Å². The fourth-order valence-corrected chi connectivity index (χ4v) is 5.45. The lowest BCUT2D eigenvalue weighted by atomic mass is 9.87. The van der Waals surface area contributed by atoms with Crippen LogP contribution < -0.4 is 0 Å². The third kappa shape index (κ3) is 6.93. The van der Waals surface area contributed by atoms with Gasteiger partial charge >= 0.3 is 5.97 Å². The average Bonchev–Trinajstić information content (AvgIpc) is 2.87. The van der Waals surface area contributed by atoms with Crippen LogP contribution >= 0.6 is 7.37 Å². The molecule has 0 fully saturated rings. The molecule has 0 amide bonds. The van der Waals surface area contributed by atoms with Gasteiger partial charge in [-0.15, -0.1) is 0 Å². The number of aromatic nitrogens is 1. The van der Waals surface area contributed by atoms with Crippen LogP contribution in [0.5, 0.6) is 0 Å². The molecule has 0 aliphatic rings. The van der Waals surface area contributed by atoms with Crippen molar-refractivity contribution in [3.63, 3.8) is 0 Å². The summed E-state index contributed by atoms with van der Waals surface area (Å²) < 4.78 is 32.4. The van der Waals surface area contributed by atoms with Crippen LogP contribution in [0.15, 0.2) is 54.6 Å². The Morgan fingerprint density at radius 1 is 1.11 bits per heavy atom. The molecule has 0 aliphatic carbocycles. The Labute approximate surface area is 217 Å². The SMILES string of the molecule is CCc1c(-c2ccccc2)nc(C(C)C)c(C#CP(=O)(C[C@@H](O)CC(=O)O)OC)c1-c1ccc(F)cc1. The van der Waals surface area contributed by atoms with Crippen LogP contribution in [0.1, 0.15) is 49.9 Å². The summed E-state index contributed by atoms with van der Waals surface area (Å²) in [6, 6.07) is 15.9. The number of benzene rings is 2. The minimum Gasteiger partial charge on any atom is -0.481 e. The number of hydrogen-bond acceptors (Lipinski definition) is 5. The third-order valence-corrected chi connectivity index (χ3v) is 7.86. The van der Waals surface area contributed by atoms with Gasteiger partial charge in [-0.1, -0.05) is 69.2 Å². The highest BCUT2D eigenvalue weighted by Gasteiger charge is 2.27. The lowest BCUT2D eigenvalue weighted by Gasteiger charge is -2.21. The van der Waals surface area contributed by atoms with E-state index in [4.69, 9.17) is 14.6 Å². The number of rotatable bonds is 9. The molecule has 0 spiro atoms. The van der Waals surface area contributed by atoms with E-state index in [1.165, 1.54) is 19.2 Å². The molecular formula is C29H31FNO5P. The highest BCUT2D eigenvalue weighted by atomic mass is 31.2. The Balaban J connectivity index is 2.32. The molecule has 194 valence electrons. The Morgan fingerprint density at radius 3 is 2.30 bits per heavy atom. The first-order valence-corrected chi connectivity index (χ1v) is 13.9. The van der Waals surface area contributed by atoms with Gasteiger partial charge in [-0.3, -0.25) is 14.3 Å². The number of hydrogen-bond donors (Lipinski definition) is 2. The summed E-state index contributed by atoms with van der Waals surface area (Å²) in [5.41, 5.74) is 8.07. The molecule has 1 aromatic heterocycles. The number of aliphatic hydroxyl groups is 1. The van der Waals surface area contributed by atoms with Crippen molar-refractivity contribution in [2.45, 2.75) is 45.6 Å². The average molecular weight is 524 g/mol. The quantitative estimate of drug-likeness (QED) is 0.252. The Kier molecular flexibility index (Phi) is 9.39. The van der Waals surface area contributed by atoms with E-state index in [2.05, 4.69) is 11.6 Å². The standard InChI is InChI=1S/C29H31FNO5P/c1-5-24-27(20-11-13-22(30)14-12-20)25(15-16-37(35,36-4)18-23(32)17-26(33)34)28(19(2)3)31-29(24)21-9-7-6-8-10-21/h6-14,19,23,32H,5,17-18H2,1-4H3,(H,33,34)/t23-,37?/m0/s1. The van der Waals surface area contributed by atoms with Crippen molar-refractivity contribution in [3.8, 4) is 34.0 Å². The number of pyridine rings is 1. The van der Waals surface area contributed by atoms with Crippen molar-refractivity contribution in [2.24, 2.45) is 0 Å². The van der Waals surface area contributed by atoms with Crippen LogP contribution in [0.4, 0.5) is 4.39 Å². The van der Waals surface area contributed by atoms with E-state index >= 15 is 0 Å². The second kappa shape index (κ2) is 12.3. The number of nitrogens with zero attached hydrogens (tertiary/aromatic N) is 1. The number of aliphatic carboxylic acids is 1. The molecule has 2 aromatic carbocycles. The monoisotopic (exact) mass is 523 g/mol. The highest BCUT2D eigenvalue weighted by Crippen LogP contribution is 2.46. The van der Waals surface area contributed by atoms with Gasteiger partial charge in [0.25, 0.3) is 7.37 Å². The van der Waals surface area contributed by atoms with Crippen LogP contribution in [0.3, 0.4) is 0 Å². The van der Waals surface area contributed by atoms with Gasteiger partial charge in [0.05, 0.1) is 35.6 Å². The predicted molar refractivity (Wildman–Crippen MR) is 143 cm³/mol. The van der Waals surface area contributed by atoms with Crippen LogP contribution in [0.25, 0.3) is 22.4 Å². The van der Waals surface area contributed by atoms with Gasteiger partial charge in [-0.2, -0.15) is 0 Å². The van der Waals surface area contributed by atoms with Gasteiger partial charge in [-0.05, 0) is 41.3 Å². The summed E-state index contributed by atoms with van der Waals surface area (Å²) in [6.45, 7) is 5.97. The van der Waals surface area contributed by atoms with Crippen LogP contribution in [0.2, 0.25) is 0 Å². The van der Waals surface area contributed by atoms with E-state index in [0.717, 1.165) is 27.9 Å². The van der Waals surface area contributed by atoms with Crippen LogP contribution in [0, 0.1) is 17.4 Å². The molecule has 0 aliphatic heterocycles. The first kappa shape index (κ1) is 28.3. The Bertz CT molecular complexity index is 1360. The molecule has 6 nitrogen and oxygen atoms in total. The molecule has 0 bridgehead atoms. The van der Waals surface area contributed by atoms with Crippen LogP contribution in [-0.2, 0) is 20.3 Å². The maximum absolute atomic E-state index is 13.8. The molecule has 8 heteroatoms. The second-order valence-electron chi connectivity index (χ2n) is 8.98. The molecule has 0 radical (unpaired) electrons. The Morgan fingerprint density at radius 2 is 1.76 bits per heavy atom. The van der Waals surface area contributed by atoms with Gasteiger partial charge in [0, 0.05) is 18.2 Å². The Hall–Kier alpha value is -3.30. The topological polar surface area (TPSA) is 96.7 Å².